The maximum absolute atomic E-state index is 12.7. The lowest BCUT2D eigenvalue weighted by molar-refractivity contribution is -0.116. The first-order valence-electron chi connectivity index (χ1n) is 11.0. The van der Waals surface area contributed by atoms with Crippen LogP contribution in [0.2, 0.25) is 0 Å². The van der Waals surface area contributed by atoms with Crippen LogP contribution in [-0.2, 0) is 4.79 Å². The van der Waals surface area contributed by atoms with Gasteiger partial charge in [0.15, 0.2) is 11.5 Å². The maximum atomic E-state index is 12.7. The molecule has 0 fully saturated rings. The number of aromatic amines is 1. The summed E-state index contributed by atoms with van der Waals surface area (Å²) in [6, 6.07) is 21.6. The summed E-state index contributed by atoms with van der Waals surface area (Å²) in [5.74, 6) is 1.85. The van der Waals surface area contributed by atoms with Gasteiger partial charge < -0.3 is 24.5 Å². The second-order valence-electron chi connectivity index (χ2n) is 7.81. The number of hydrogen-bond acceptors (Lipinski definition) is 4. The van der Waals surface area contributed by atoms with Crippen molar-refractivity contribution in [1.29, 1.82) is 0 Å². The number of fused-ring (bicyclic) bond motifs is 1. The van der Waals surface area contributed by atoms with Crippen molar-refractivity contribution < 1.29 is 19.0 Å². The molecule has 0 bridgehead atoms. The fourth-order valence-electron chi connectivity index (χ4n) is 4.02. The maximum Gasteiger partial charge on any atom is 0.244 e. The van der Waals surface area contributed by atoms with E-state index in [1.54, 1.807) is 27.4 Å². The third-order valence-electron chi connectivity index (χ3n) is 5.83. The molecule has 1 amide bonds. The lowest BCUT2D eigenvalue weighted by Gasteiger charge is -2.18. The van der Waals surface area contributed by atoms with Crippen molar-refractivity contribution in [3.8, 4) is 17.2 Å². The van der Waals surface area contributed by atoms with Gasteiger partial charge in [-0.05, 0) is 53.1 Å². The molecule has 6 nitrogen and oxygen atoms in total. The van der Waals surface area contributed by atoms with Gasteiger partial charge in [-0.25, -0.2) is 0 Å². The second kappa shape index (κ2) is 10.6. The van der Waals surface area contributed by atoms with E-state index in [1.165, 1.54) is 6.08 Å². The van der Waals surface area contributed by atoms with Crippen LogP contribution < -0.4 is 19.5 Å². The summed E-state index contributed by atoms with van der Waals surface area (Å²) in [6.07, 6.45) is 5.30. The quantitative estimate of drug-likeness (QED) is 0.342. The van der Waals surface area contributed by atoms with Gasteiger partial charge in [0.1, 0.15) is 5.75 Å². The van der Waals surface area contributed by atoms with E-state index in [1.807, 2.05) is 66.9 Å². The number of carbonyl (C=O) groups is 1. The standard InChI is InChI=1S/C28H28N2O4/c1-32-21-12-10-20(11-13-21)23(24-18-29-25-7-5-4-6-22(24)25)17-30-28(31)15-9-19-8-14-26(33-2)27(16-19)34-3/h4-16,18,23,29H,17H2,1-3H3,(H,30,31)/b15-9+. The van der Waals surface area contributed by atoms with Gasteiger partial charge in [0, 0.05) is 35.6 Å². The third-order valence-corrected chi connectivity index (χ3v) is 5.83. The summed E-state index contributed by atoms with van der Waals surface area (Å²) in [5.41, 5.74) is 4.13. The Labute approximate surface area is 199 Å². The van der Waals surface area contributed by atoms with Crippen molar-refractivity contribution in [3.05, 3.63) is 95.7 Å². The molecule has 6 heteroatoms. The lowest BCUT2D eigenvalue weighted by atomic mass is 9.90. The topological polar surface area (TPSA) is 72.6 Å². The minimum Gasteiger partial charge on any atom is -0.497 e. The Hall–Kier alpha value is -4.19. The summed E-state index contributed by atoms with van der Waals surface area (Å²) in [6.45, 7) is 0.448. The molecule has 1 unspecified atom stereocenters. The van der Waals surface area contributed by atoms with Gasteiger partial charge >= 0.3 is 0 Å². The number of methoxy groups -OCH3 is 3. The van der Waals surface area contributed by atoms with Gasteiger partial charge in [0.05, 0.1) is 21.3 Å². The summed E-state index contributed by atoms with van der Waals surface area (Å²) < 4.78 is 15.9. The molecular weight excluding hydrogens is 428 g/mol. The fraction of sp³-hybridized carbons (Fsp3) is 0.179. The van der Waals surface area contributed by atoms with Crippen molar-refractivity contribution in [2.75, 3.05) is 27.9 Å². The molecule has 0 aliphatic rings. The molecule has 1 aromatic heterocycles. The van der Waals surface area contributed by atoms with E-state index >= 15 is 0 Å². The molecule has 174 valence electrons. The zero-order valence-corrected chi connectivity index (χ0v) is 19.5. The number of para-hydroxylation sites is 1. The minimum atomic E-state index is -0.173. The van der Waals surface area contributed by atoms with Crippen molar-refractivity contribution in [1.82, 2.24) is 10.3 Å². The van der Waals surface area contributed by atoms with E-state index in [0.717, 1.165) is 33.3 Å². The second-order valence-corrected chi connectivity index (χ2v) is 7.81. The molecule has 2 N–H and O–H groups in total. The summed E-state index contributed by atoms with van der Waals surface area (Å²) in [5, 5.41) is 4.19. The lowest BCUT2D eigenvalue weighted by Crippen LogP contribution is -2.27. The van der Waals surface area contributed by atoms with Gasteiger partial charge in [0.25, 0.3) is 0 Å². The Kier molecular flexibility index (Phi) is 7.18. The molecule has 3 aromatic carbocycles. The number of ether oxygens (including phenoxy) is 3. The monoisotopic (exact) mass is 456 g/mol. The van der Waals surface area contributed by atoms with Crippen LogP contribution in [0, 0.1) is 0 Å². The number of hydrogen-bond donors (Lipinski definition) is 2. The van der Waals surface area contributed by atoms with Gasteiger partial charge in [-0.3, -0.25) is 4.79 Å². The smallest absolute Gasteiger partial charge is 0.244 e. The van der Waals surface area contributed by atoms with Crippen molar-refractivity contribution in [2.24, 2.45) is 0 Å². The molecule has 0 aliphatic carbocycles. The predicted molar refractivity (Wildman–Crippen MR) is 135 cm³/mol. The van der Waals surface area contributed by atoms with Crippen LogP contribution in [0.15, 0.2) is 79.0 Å². The van der Waals surface area contributed by atoms with Crippen LogP contribution in [0.1, 0.15) is 22.6 Å². The number of amides is 1. The van der Waals surface area contributed by atoms with E-state index in [-0.39, 0.29) is 11.8 Å². The number of aromatic nitrogens is 1. The molecule has 4 rings (SSSR count). The average Bonchev–Trinajstić information content (AvgIpc) is 3.31. The zero-order chi connectivity index (χ0) is 23.9. The van der Waals surface area contributed by atoms with E-state index in [9.17, 15) is 4.79 Å². The number of H-pyrrole nitrogens is 1. The molecule has 0 aliphatic heterocycles. The highest BCUT2D eigenvalue weighted by Gasteiger charge is 2.19. The third kappa shape index (κ3) is 5.07. The van der Waals surface area contributed by atoms with Crippen LogP contribution in [0.5, 0.6) is 17.2 Å². The Bertz CT molecular complexity index is 1290. The first-order chi connectivity index (χ1) is 16.6. The Morgan fingerprint density at radius 1 is 0.941 bits per heavy atom. The van der Waals surface area contributed by atoms with Gasteiger partial charge in [0.2, 0.25) is 5.91 Å². The largest absolute Gasteiger partial charge is 0.497 e. The van der Waals surface area contributed by atoms with E-state index in [4.69, 9.17) is 14.2 Å². The Balaban J connectivity index is 1.53. The van der Waals surface area contributed by atoms with Gasteiger partial charge in [-0.2, -0.15) is 0 Å². The fourth-order valence-corrected chi connectivity index (χ4v) is 4.02. The first kappa shape index (κ1) is 23.0. The van der Waals surface area contributed by atoms with Gasteiger partial charge in [-0.15, -0.1) is 0 Å². The van der Waals surface area contributed by atoms with Crippen LogP contribution in [-0.4, -0.2) is 38.8 Å². The molecule has 4 aromatic rings. The molecule has 34 heavy (non-hydrogen) atoms. The Morgan fingerprint density at radius 2 is 1.71 bits per heavy atom. The summed E-state index contributed by atoms with van der Waals surface area (Å²) in [7, 11) is 4.83. The molecule has 0 radical (unpaired) electrons. The highest BCUT2D eigenvalue weighted by atomic mass is 16.5. The number of nitrogens with one attached hydrogen (secondary N) is 2. The van der Waals surface area contributed by atoms with E-state index in [0.29, 0.717) is 18.0 Å². The number of benzene rings is 3. The molecular formula is C28H28N2O4. The SMILES string of the molecule is COc1ccc(C(CNC(=O)/C=C/c2ccc(OC)c(OC)c2)c2c[nH]c3ccccc23)cc1. The number of rotatable bonds is 9. The molecule has 0 saturated carbocycles. The highest BCUT2D eigenvalue weighted by molar-refractivity contribution is 5.92. The zero-order valence-electron chi connectivity index (χ0n) is 19.5. The van der Waals surface area contributed by atoms with Crippen molar-refractivity contribution in [2.45, 2.75) is 5.92 Å². The van der Waals surface area contributed by atoms with Crippen LogP contribution in [0.4, 0.5) is 0 Å². The Morgan fingerprint density at radius 3 is 2.44 bits per heavy atom. The highest BCUT2D eigenvalue weighted by Crippen LogP contribution is 2.31. The minimum absolute atomic E-state index is 0.0273. The van der Waals surface area contributed by atoms with Crippen molar-refractivity contribution >= 4 is 22.9 Å². The molecule has 0 spiro atoms. The predicted octanol–water partition coefficient (Wildman–Crippen LogP) is 5.16. The average molecular weight is 457 g/mol. The molecule has 0 saturated heterocycles. The molecule has 1 atom stereocenters. The van der Waals surface area contributed by atoms with E-state index < -0.39 is 0 Å². The molecule has 1 heterocycles. The van der Waals surface area contributed by atoms with Crippen molar-refractivity contribution in [3.63, 3.8) is 0 Å². The summed E-state index contributed by atoms with van der Waals surface area (Å²) >= 11 is 0. The van der Waals surface area contributed by atoms with E-state index in [2.05, 4.69) is 16.4 Å². The van der Waals surface area contributed by atoms with Gasteiger partial charge in [-0.1, -0.05) is 36.4 Å². The number of carbonyl (C=O) groups excluding carboxylic acids is 1. The summed E-state index contributed by atoms with van der Waals surface area (Å²) in [4.78, 5) is 16.0. The van der Waals surface area contributed by atoms with Crippen LogP contribution in [0.3, 0.4) is 0 Å². The first-order valence-corrected chi connectivity index (χ1v) is 11.0. The van der Waals surface area contributed by atoms with Crippen LogP contribution in [0.25, 0.3) is 17.0 Å². The van der Waals surface area contributed by atoms with Crippen LogP contribution >= 0.6 is 0 Å². The normalized spacial score (nSPS) is 12.0.